The maximum absolute atomic E-state index is 12.7. The minimum atomic E-state index is 0.0744. The molecule has 0 saturated heterocycles. The summed E-state index contributed by atoms with van der Waals surface area (Å²) in [5.74, 6) is 0.149. The number of benzene rings is 1. The number of allylic oxidation sites excluding steroid dienone is 2. The van der Waals surface area contributed by atoms with E-state index in [1.807, 2.05) is 12.1 Å². The molecule has 0 saturated carbocycles. The zero-order valence-electron chi connectivity index (χ0n) is 13.4. The molecule has 1 aromatic carbocycles. The van der Waals surface area contributed by atoms with Gasteiger partial charge in [-0.2, -0.15) is 0 Å². The van der Waals surface area contributed by atoms with Gasteiger partial charge in [-0.25, -0.2) is 0 Å². The van der Waals surface area contributed by atoms with Gasteiger partial charge in [0, 0.05) is 28.3 Å². The molecular formula is C19H23NO2. The van der Waals surface area contributed by atoms with Crippen molar-refractivity contribution < 1.29 is 9.59 Å². The molecule has 0 heterocycles. The standard InChI is InChI=1S/C19H23NO2/c1-3-20(4-2)13-9-11-16-17(12-10-13)19(22)15-8-6-5-7-14(15)18(16)21/h5-8,13H,3-4,9-12H2,1-2H3. The molecule has 0 aromatic heterocycles. The minimum absolute atomic E-state index is 0.0744. The molecule has 22 heavy (non-hydrogen) atoms. The number of carbonyl (C=O) groups excluding carboxylic acids is 2. The lowest BCUT2D eigenvalue weighted by Gasteiger charge is -2.28. The second-order valence-corrected chi connectivity index (χ2v) is 6.11. The number of hydrogen-bond donors (Lipinski definition) is 0. The highest BCUT2D eigenvalue weighted by Crippen LogP contribution is 2.35. The smallest absolute Gasteiger partial charge is 0.190 e. The van der Waals surface area contributed by atoms with Crippen LogP contribution in [0.1, 0.15) is 60.2 Å². The highest BCUT2D eigenvalue weighted by molar-refractivity contribution is 6.26. The van der Waals surface area contributed by atoms with Crippen LogP contribution in [0.25, 0.3) is 0 Å². The van der Waals surface area contributed by atoms with E-state index in [1.54, 1.807) is 12.1 Å². The lowest BCUT2D eigenvalue weighted by molar-refractivity contribution is 0.0970. The summed E-state index contributed by atoms with van der Waals surface area (Å²) < 4.78 is 0. The monoisotopic (exact) mass is 297 g/mol. The molecular weight excluding hydrogens is 274 g/mol. The Labute approximate surface area is 132 Å². The summed E-state index contributed by atoms with van der Waals surface area (Å²) in [7, 11) is 0. The Morgan fingerprint density at radius 2 is 1.36 bits per heavy atom. The summed E-state index contributed by atoms with van der Waals surface area (Å²) in [5.41, 5.74) is 2.73. The maximum Gasteiger partial charge on any atom is 0.190 e. The van der Waals surface area contributed by atoms with Crippen molar-refractivity contribution in [3.63, 3.8) is 0 Å². The van der Waals surface area contributed by atoms with Gasteiger partial charge in [-0.15, -0.1) is 0 Å². The van der Waals surface area contributed by atoms with Gasteiger partial charge in [0.1, 0.15) is 0 Å². The number of hydrogen-bond acceptors (Lipinski definition) is 3. The van der Waals surface area contributed by atoms with Gasteiger partial charge in [-0.3, -0.25) is 9.59 Å². The number of nitrogens with zero attached hydrogens (tertiary/aromatic N) is 1. The Bertz CT molecular complexity index is 592. The molecule has 0 atom stereocenters. The van der Waals surface area contributed by atoms with Gasteiger partial charge >= 0.3 is 0 Å². The minimum Gasteiger partial charge on any atom is -0.301 e. The Morgan fingerprint density at radius 1 is 0.909 bits per heavy atom. The van der Waals surface area contributed by atoms with E-state index >= 15 is 0 Å². The molecule has 2 aliphatic rings. The molecule has 1 aromatic rings. The predicted octanol–water partition coefficient (Wildman–Crippen LogP) is 3.65. The molecule has 3 nitrogen and oxygen atoms in total. The van der Waals surface area contributed by atoms with Crippen LogP contribution in [-0.4, -0.2) is 35.6 Å². The summed E-state index contributed by atoms with van der Waals surface area (Å²) in [5, 5.41) is 0. The van der Waals surface area contributed by atoms with Crippen molar-refractivity contribution in [2.45, 2.75) is 45.6 Å². The van der Waals surface area contributed by atoms with Crippen molar-refractivity contribution in [2.24, 2.45) is 0 Å². The van der Waals surface area contributed by atoms with Crippen LogP contribution in [0, 0.1) is 0 Å². The molecule has 3 heteroatoms. The molecule has 0 radical (unpaired) electrons. The van der Waals surface area contributed by atoms with E-state index in [0.717, 1.165) is 49.9 Å². The Balaban J connectivity index is 1.91. The summed E-state index contributed by atoms with van der Waals surface area (Å²) in [6, 6.07) is 7.72. The van der Waals surface area contributed by atoms with Crippen molar-refractivity contribution in [3.8, 4) is 0 Å². The van der Waals surface area contributed by atoms with Crippen LogP contribution >= 0.6 is 0 Å². The first-order valence-corrected chi connectivity index (χ1v) is 8.31. The van der Waals surface area contributed by atoms with Crippen molar-refractivity contribution in [1.29, 1.82) is 0 Å². The summed E-state index contributed by atoms with van der Waals surface area (Å²) in [6.45, 7) is 6.39. The number of Topliss-reactive ketones (excluding diaryl/α,β-unsaturated/α-hetero) is 2. The number of rotatable bonds is 3. The van der Waals surface area contributed by atoms with Crippen LogP contribution in [0.15, 0.2) is 35.4 Å². The van der Waals surface area contributed by atoms with Crippen molar-refractivity contribution in [1.82, 2.24) is 4.90 Å². The molecule has 0 N–H and O–H groups in total. The Kier molecular flexibility index (Phi) is 4.25. The average Bonchev–Trinajstić information content (AvgIpc) is 2.77. The van der Waals surface area contributed by atoms with E-state index in [4.69, 9.17) is 0 Å². The first-order chi connectivity index (χ1) is 10.7. The van der Waals surface area contributed by atoms with E-state index in [0.29, 0.717) is 17.2 Å². The van der Waals surface area contributed by atoms with Gasteiger partial charge in [0.15, 0.2) is 11.6 Å². The van der Waals surface area contributed by atoms with Gasteiger partial charge in [0.05, 0.1) is 0 Å². The zero-order chi connectivity index (χ0) is 15.7. The van der Waals surface area contributed by atoms with E-state index in [1.165, 1.54) is 0 Å². The normalized spacial score (nSPS) is 19.2. The van der Waals surface area contributed by atoms with Crippen LogP contribution < -0.4 is 0 Å². The number of carbonyl (C=O) groups is 2. The van der Waals surface area contributed by atoms with Crippen LogP contribution in [0.5, 0.6) is 0 Å². The first-order valence-electron chi connectivity index (χ1n) is 8.31. The van der Waals surface area contributed by atoms with Crippen LogP contribution in [0.3, 0.4) is 0 Å². The predicted molar refractivity (Wildman–Crippen MR) is 87.3 cm³/mol. The molecule has 0 unspecified atom stereocenters. The lowest BCUT2D eigenvalue weighted by Crippen LogP contribution is -2.34. The fraction of sp³-hybridized carbons (Fsp3) is 0.474. The molecule has 0 aliphatic heterocycles. The third-order valence-electron chi connectivity index (χ3n) is 5.11. The molecule has 0 spiro atoms. The van der Waals surface area contributed by atoms with Gasteiger partial charge in [-0.05, 0) is 38.8 Å². The molecule has 0 fully saturated rings. The van der Waals surface area contributed by atoms with E-state index in [-0.39, 0.29) is 11.6 Å². The van der Waals surface area contributed by atoms with Gasteiger partial charge in [0.2, 0.25) is 0 Å². The third kappa shape index (κ3) is 2.44. The summed E-state index contributed by atoms with van der Waals surface area (Å²) >= 11 is 0. The van der Waals surface area contributed by atoms with E-state index in [2.05, 4.69) is 18.7 Å². The fourth-order valence-corrected chi connectivity index (χ4v) is 3.88. The molecule has 116 valence electrons. The molecule has 3 rings (SSSR count). The number of ketones is 2. The summed E-state index contributed by atoms with van der Waals surface area (Å²) in [4.78, 5) is 27.9. The van der Waals surface area contributed by atoms with E-state index < -0.39 is 0 Å². The van der Waals surface area contributed by atoms with Crippen molar-refractivity contribution >= 4 is 11.6 Å². The van der Waals surface area contributed by atoms with Gasteiger partial charge in [-0.1, -0.05) is 38.1 Å². The zero-order valence-corrected chi connectivity index (χ0v) is 13.4. The Morgan fingerprint density at radius 3 is 1.77 bits per heavy atom. The van der Waals surface area contributed by atoms with E-state index in [9.17, 15) is 9.59 Å². The lowest BCUT2D eigenvalue weighted by atomic mass is 9.82. The second kappa shape index (κ2) is 6.17. The van der Waals surface area contributed by atoms with Crippen molar-refractivity contribution in [2.75, 3.05) is 13.1 Å². The van der Waals surface area contributed by atoms with Crippen LogP contribution in [0.4, 0.5) is 0 Å². The fourth-order valence-electron chi connectivity index (χ4n) is 3.88. The Hall–Kier alpha value is -1.74. The topological polar surface area (TPSA) is 37.4 Å². The summed E-state index contributed by atoms with van der Waals surface area (Å²) in [6.07, 6.45) is 3.41. The average molecular weight is 297 g/mol. The highest BCUT2D eigenvalue weighted by Gasteiger charge is 2.34. The quantitative estimate of drug-likeness (QED) is 0.854. The van der Waals surface area contributed by atoms with Gasteiger partial charge in [0.25, 0.3) is 0 Å². The van der Waals surface area contributed by atoms with Gasteiger partial charge < -0.3 is 4.90 Å². The highest BCUT2D eigenvalue weighted by atomic mass is 16.1. The first kappa shape index (κ1) is 15.2. The SMILES string of the molecule is CCN(CC)C1CCC2=C(CC1)C(=O)c1ccccc1C2=O. The van der Waals surface area contributed by atoms with Crippen LogP contribution in [-0.2, 0) is 0 Å². The maximum atomic E-state index is 12.7. The molecule has 0 amide bonds. The number of fused-ring (bicyclic) bond motifs is 1. The molecule has 2 aliphatic carbocycles. The van der Waals surface area contributed by atoms with Crippen molar-refractivity contribution in [3.05, 3.63) is 46.5 Å². The van der Waals surface area contributed by atoms with Crippen LogP contribution in [0.2, 0.25) is 0 Å². The second-order valence-electron chi connectivity index (χ2n) is 6.11. The molecule has 0 bridgehead atoms. The largest absolute Gasteiger partial charge is 0.301 e. The third-order valence-corrected chi connectivity index (χ3v) is 5.11.